The van der Waals surface area contributed by atoms with Gasteiger partial charge in [0.2, 0.25) is 0 Å². The summed E-state index contributed by atoms with van der Waals surface area (Å²) in [6.45, 7) is 19.6. The molecule has 0 atom stereocenters. The van der Waals surface area contributed by atoms with E-state index in [2.05, 4.69) is 55.4 Å². The Kier molecular flexibility index (Phi) is 55.2. The minimum absolute atomic E-state index is 0. The second-order valence-corrected chi connectivity index (χ2v) is 14.8. The van der Waals surface area contributed by atoms with Crippen molar-refractivity contribution in [3.05, 3.63) is 58.7 Å². The quantitative estimate of drug-likeness (QED) is 0.158. The first-order valence-corrected chi connectivity index (χ1v) is 18.2. The Morgan fingerprint density at radius 1 is 0.377 bits per heavy atom. The van der Waals surface area contributed by atoms with Crippen LogP contribution < -0.4 is 50.2 Å². The summed E-state index contributed by atoms with van der Waals surface area (Å²) in [5.41, 5.74) is 3.75. The molecule has 0 aliphatic rings. The Hall–Kier alpha value is 0.0187. The number of hydrogen-bond acceptors (Lipinski definition) is 6. The molecule has 0 heterocycles. The van der Waals surface area contributed by atoms with Crippen LogP contribution >= 0.6 is 0 Å². The number of para-hydroxylation sites is 2. The fourth-order valence-electron chi connectivity index (χ4n) is 3.78. The molecule has 53 heavy (non-hydrogen) atoms. The summed E-state index contributed by atoms with van der Waals surface area (Å²) in [7, 11) is 15.8. The van der Waals surface area contributed by atoms with Gasteiger partial charge in [0.1, 0.15) is 0 Å². The fourth-order valence-corrected chi connectivity index (χ4v) is 3.78. The van der Waals surface area contributed by atoms with Gasteiger partial charge in [-0.1, -0.05) is 140 Å². The first-order chi connectivity index (χ1) is 23.2. The summed E-state index contributed by atoms with van der Waals surface area (Å²) in [6, 6.07) is 11.7. The molecule has 0 radical (unpaired) electrons. The van der Waals surface area contributed by atoms with E-state index in [9.17, 15) is 30.6 Å². The Bertz CT molecular complexity index is 892. The van der Waals surface area contributed by atoms with E-state index in [0.29, 0.717) is 23.7 Å². The van der Waals surface area contributed by atoms with E-state index >= 15 is 0 Å². The van der Waals surface area contributed by atoms with Gasteiger partial charge in [0.05, 0.1) is 82.6 Å². The summed E-state index contributed by atoms with van der Waals surface area (Å²) in [6.07, 6.45) is 0. The Morgan fingerprint density at radius 2 is 0.528 bits per heavy atom. The van der Waals surface area contributed by atoms with Crippen molar-refractivity contribution in [1.82, 2.24) is 0 Å². The number of rotatable bonds is 12. The van der Waals surface area contributed by atoms with Crippen LogP contribution in [0.1, 0.15) is 101 Å². The standard InChI is InChI=1S/2C12H18O.4C4H10NO.3Mg/c2*1-8(2)10-6-5-7-11(9(3)4)12(10)13;4*1-5(2)3-4-6;;;/h2*5-9,13H,1-4H3;4*3-4H2,1-2H3;;;/q;;4*-1;3*+2/p+2. The summed E-state index contributed by atoms with van der Waals surface area (Å²) >= 11 is 0. The summed E-state index contributed by atoms with van der Waals surface area (Å²) in [5, 5.41) is 62.6. The predicted molar refractivity (Wildman–Crippen MR) is 216 cm³/mol. The van der Waals surface area contributed by atoms with Crippen LogP contribution in [0.15, 0.2) is 36.4 Å². The number of nitrogens with one attached hydrogen (secondary N) is 4. The van der Waals surface area contributed by atoms with E-state index in [-0.39, 0.29) is 107 Å². The molecule has 0 unspecified atom stereocenters. The van der Waals surface area contributed by atoms with Gasteiger partial charge < -0.3 is 50.2 Å². The Morgan fingerprint density at radius 3 is 0.604 bits per heavy atom. The van der Waals surface area contributed by atoms with Crippen LogP contribution in [0.5, 0.6) is 11.5 Å². The van der Waals surface area contributed by atoms with Gasteiger partial charge >= 0.3 is 69.2 Å². The average Bonchev–Trinajstić information content (AvgIpc) is 2.98. The zero-order valence-electron chi connectivity index (χ0n) is 37.0. The van der Waals surface area contributed by atoms with E-state index in [1.807, 2.05) is 92.8 Å². The number of likely N-dealkylation sites (N-methyl/N-ethyl adjacent to an activating group) is 4. The summed E-state index contributed by atoms with van der Waals surface area (Å²) < 4.78 is 0. The molecule has 10 nitrogen and oxygen atoms in total. The van der Waals surface area contributed by atoms with Gasteiger partial charge in [0.25, 0.3) is 0 Å². The minimum Gasteiger partial charge on any atom is -0.872 e. The normalized spacial score (nSPS) is 10.0. The van der Waals surface area contributed by atoms with Gasteiger partial charge in [-0.2, -0.15) is 0 Å². The van der Waals surface area contributed by atoms with E-state index in [4.69, 9.17) is 0 Å². The average molecular weight is 784 g/mol. The van der Waals surface area contributed by atoms with Crippen LogP contribution in [0.2, 0.25) is 0 Å². The van der Waals surface area contributed by atoms with E-state index in [1.54, 1.807) is 0 Å². The van der Waals surface area contributed by atoms with Crippen molar-refractivity contribution >= 4 is 69.2 Å². The maximum Gasteiger partial charge on any atom is 2.00 e. The van der Waals surface area contributed by atoms with Crippen molar-refractivity contribution in [2.45, 2.75) is 79.1 Å². The van der Waals surface area contributed by atoms with Crippen LogP contribution in [0.3, 0.4) is 0 Å². The van der Waals surface area contributed by atoms with Crippen molar-refractivity contribution in [2.75, 3.05) is 109 Å². The van der Waals surface area contributed by atoms with E-state index < -0.39 is 0 Å². The smallest absolute Gasteiger partial charge is 0.872 e. The molecular formula is C40H78Mg3N4O6+4. The molecule has 0 saturated heterocycles. The zero-order chi connectivity index (χ0) is 40.0. The Labute approximate surface area is 374 Å². The molecule has 2 aromatic carbocycles. The molecule has 0 bridgehead atoms. The van der Waals surface area contributed by atoms with Crippen LogP contribution in [-0.2, 0) is 0 Å². The maximum atomic E-state index is 11.9. The monoisotopic (exact) mass is 783 g/mol. The molecule has 13 heteroatoms. The van der Waals surface area contributed by atoms with E-state index in [1.165, 1.54) is 19.6 Å². The number of hydrogen-bond donors (Lipinski definition) is 4. The zero-order valence-corrected chi connectivity index (χ0v) is 41.2. The number of quaternary nitrogens is 4. The summed E-state index contributed by atoms with van der Waals surface area (Å²) in [4.78, 5) is 4.91. The largest absolute Gasteiger partial charge is 2.00 e. The Balaban J connectivity index is -0.0000000989. The van der Waals surface area contributed by atoms with Gasteiger partial charge in [0.15, 0.2) is 0 Å². The van der Waals surface area contributed by atoms with Crippen LogP contribution in [0, 0.1) is 0 Å². The first kappa shape index (κ1) is 67.7. The molecule has 0 aliphatic carbocycles. The predicted octanol–water partition coefficient (Wildman–Crippen LogP) is -5.16. The molecule has 296 valence electrons. The van der Waals surface area contributed by atoms with Gasteiger partial charge in [-0.25, -0.2) is 0 Å². The number of benzene rings is 2. The van der Waals surface area contributed by atoms with Gasteiger partial charge in [0, 0.05) is 0 Å². The molecule has 2 rings (SSSR count). The molecule has 0 aliphatic heterocycles. The van der Waals surface area contributed by atoms with E-state index in [0.717, 1.165) is 48.4 Å². The molecule has 0 aromatic heterocycles. The molecule has 0 fully saturated rings. The van der Waals surface area contributed by atoms with Crippen molar-refractivity contribution in [1.29, 1.82) is 0 Å². The van der Waals surface area contributed by atoms with Crippen LogP contribution in [-0.4, -0.2) is 178 Å². The first-order valence-electron chi connectivity index (χ1n) is 18.2. The molecule has 2 aromatic rings. The van der Waals surface area contributed by atoms with Crippen molar-refractivity contribution in [3.63, 3.8) is 0 Å². The molecule has 0 amide bonds. The van der Waals surface area contributed by atoms with Crippen molar-refractivity contribution in [2.24, 2.45) is 0 Å². The third-order valence-electron chi connectivity index (χ3n) is 7.05. The minimum atomic E-state index is 0. The fraction of sp³-hybridized carbons (Fsp3) is 0.700. The van der Waals surface area contributed by atoms with Crippen LogP contribution in [0.4, 0.5) is 0 Å². The molecule has 4 N–H and O–H groups in total. The van der Waals surface area contributed by atoms with Crippen molar-refractivity contribution < 1.29 is 50.2 Å². The van der Waals surface area contributed by atoms with Crippen LogP contribution in [0.25, 0.3) is 0 Å². The SMILES string of the molecule is CC(C)c1cccc(C(C)C)c1[O-].CC(C)c1cccc(C(C)C)c1[O-].C[NH+](C)CC[O-].C[NH+](C)CC[O-].C[NH+](C)CC[O-].C[NH+](C)CC[O-].[Mg+2].[Mg+2].[Mg+2]. The second kappa shape index (κ2) is 43.1. The molecular weight excluding hydrogens is 705 g/mol. The third kappa shape index (κ3) is 41.5. The van der Waals surface area contributed by atoms with Gasteiger partial charge in [-0.3, -0.25) is 0 Å². The maximum absolute atomic E-state index is 11.9. The second-order valence-electron chi connectivity index (χ2n) is 14.8. The summed E-state index contributed by atoms with van der Waals surface area (Å²) in [5.74, 6) is 1.76. The van der Waals surface area contributed by atoms with Gasteiger partial charge in [-0.05, 0) is 23.7 Å². The topological polar surface area (TPSA) is 156 Å². The molecule has 0 saturated carbocycles. The third-order valence-corrected chi connectivity index (χ3v) is 7.05. The van der Waals surface area contributed by atoms with Crippen molar-refractivity contribution in [3.8, 4) is 11.5 Å². The van der Waals surface area contributed by atoms with Gasteiger partial charge in [-0.15, -0.1) is 11.5 Å². The molecule has 0 spiro atoms.